The summed E-state index contributed by atoms with van der Waals surface area (Å²) in [5, 5.41) is 9.14. The third-order valence-corrected chi connectivity index (χ3v) is 3.91. The van der Waals surface area contributed by atoms with Crippen LogP contribution in [0, 0.1) is 11.3 Å². The molecule has 0 fully saturated rings. The maximum atomic E-state index is 12.8. The van der Waals surface area contributed by atoms with Crippen LogP contribution in [0.15, 0.2) is 84.9 Å². The lowest BCUT2D eigenvalue weighted by molar-refractivity contribution is -0.120. The highest BCUT2D eigenvalue weighted by Gasteiger charge is 2.17. The number of carbonyl (C=O) groups is 1. The molecule has 0 saturated carbocycles. The van der Waals surface area contributed by atoms with Gasteiger partial charge in [0, 0.05) is 5.69 Å². The second kappa shape index (κ2) is 8.50. The van der Waals surface area contributed by atoms with E-state index >= 15 is 0 Å². The molecule has 3 aromatic carbocycles. The monoisotopic (exact) mass is 342 g/mol. The average molecular weight is 342 g/mol. The summed E-state index contributed by atoms with van der Waals surface area (Å²) in [5.74, 6) is 0.240. The Hall–Kier alpha value is -3.58. The fourth-order valence-electron chi connectivity index (χ4n) is 2.60. The van der Waals surface area contributed by atoms with E-state index in [1.807, 2.05) is 60.7 Å². The summed E-state index contributed by atoms with van der Waals surface area (Å²) in [5.41, 5.74) is 2.25. The van der Waals surface area contributed by atoms with Gasteiger partial charge in [-0.1, -0.05) is 60.7 Å². The van der Waals surface area contributed by atoms with E-state index in [-0.39, 0.29) is 12.5 Å². The molecule has 0 saturated heterocycles. The summed E-state index contributed by atoms with van der Waals surface area (Å²) in [6, 6.07) is 28.3. The fourth-order valence-corrected chi connectivity index (χ4v) is 2.60. The van der Waals surface area contributed by atoms with Gasteiger partial charge in [-0.3, -0.25) is 4.79 Å². The summed E-state index contributed by atoms with van der Waals surface area (Å²) >= 11 is 0. The molecule has 0 heterocycles. The van der Waals surface area contributed by atoms with Crippen molar-refractivity contribution in [3.05, 3.63) is 96.1 Å². The molecule has 4 nitrogen and oxygen atoms in total. The van der Waals surface area contributed by atoms with Crippen molar-refractivity contribution in [2.75, 3.05) is 11.5 Å². The lowest BCUT2D eigenvalue weighted by Crippen LogP contribution is -2.34. The molecule has 0 unspecified atom stereocenters. The van der Waals surface area contributed by atoms with Gasteiger partial charge in [-0.15, -0.1) is 0 Å². The van der Waals surface area contributed by atoms with Crippen molar-refractivity contribution in [2.24, 2.45) is 0 Å². The Morgan fingerprint density at radius 2 is 1.50 bits per heavy atom. The minimum atomic E-state index is -0.173. The van der Waals surface area contributed by atoms with Crippen LogP contribution in [0.1, 0.15) is 11.1 Å². The van der Waals surface area contributed by atoms with E-state index < -0.39 is 0 Å². The molecule has 0 atom stereocenters. The van der Waals surface area contributed by atoms with Crippen molar-refractivity contribution >= 4 is 11.6 Å². The second-order valence-corrected chi connectivity index (χ2v) is 5.70. The number of nitriles is 1. The molecular weight excluding hydrogens is 324 g/mol. The van der Waals surface area contributed by atoms with Crippen molar-refractivity contribution in [3.63, 3.8) is 0 Å². The van der Waals surface area contributed by atoms with Gasteiger partial charge in [0.25, 0.3) is 5.91 Å². The number of para-hydroxylation sites is 2. The van der Waals surface area contributed by atoms with Crippen LogP contribution in [0.5, 0.6) is 5.75 Å². The molecule has 4 heteroatoms. The highest BCUT2D eigenvalue weighted by molar-refractivity contribution is 5.94. The standard InChI is InChI=1S/C22H18N2O2/c23-15-19-11-7-8-14-21(19)26-17-22(25)24(20-12-5-2-6-13-20)16-18-9-3-1-4-10-18/h1-14H,16-17H2. The summed E-state index contributed by atoms with van der Waals surface area (Å²) in [6.45, 7) is 0.313. The van der Waals surface area contributed by atoms with Crippen LogP contribution >= 0.6 is 0 Å². The van der Waals surface area contributed by atoms with E-state index in [0.717, 1.165) is 11.3 Å². The van der Waals surface area contributed by atoms with E-state index in [9.17, 15) is 4.79 Å². The second-order valence-electron chi connectivity index (χ2n) is 5.70. The summed E-state index contributed by atoms with van der Waals surface area (Å²) in [4.78, 5) is 14.5. The minimum Gasteiger partial charge on any atom is -0.482 e. The predicted octanol–water partition coefficient (Wildman–Crippen LogP) is 4.17. The van der Waals surface area contributed by atoms with Crippen LogP contribution in [-0.4, -0.2) is 12.5 Å². The third kappa shape index (κ3) is 4.28. The van der Waals surface area contributed by atoms with Crippen molar-refractivity contribution in [3.8, 4) is 11.8 Å². The van der Waals surface area contributed by atoms with E-state index in [2.05, 4.69) is 6.07 Å². The molecule has 0 N–H and O–H groups in total. The largest absolute Gasteiger partial charge is 0.482 e. The van der Waals surface area contributed by atoms with Crippen molar-refractivity contribution in [1.29, 1.82) is 5.26 Å². The molecule has 3 aromatic rings. The molecule has 0 aliphatic rings. The van der Waals surface area contributed by atoms with E-state index in [1.54, 1.807) is 29.2 Å². The lowest BCUT2D eigenvalue weighted by atomic mass is 10.2. The molecule has 0 aliphatic heterocycles. The van der Waals surface area contributed by atoms with Gasteiger partial charge in [0.2, 0.25) is 0 Å². The molecule has 0 radical (unpaired) electrons. The Morgan fingerprint density at radius 1 is 0.885 bits per heavy atom. The number of carbonyl (C=O) groups excluding carboxylic acids is 1. The number of hydrogen-bond acceptors (Lipinski definition) is 3. The first kappa shape index (κ1) is 17.2. The van der Waals surface area contributed by atoms with Crippen LogP contribution in [0.25, 0.3) is 0 Å². The van der Waals surface area contributed by atoms with E-state index in [1.165, 1.54) is 0 Å². The van der Waals surface area contributed by atoms with Gasteiger partial charge < -0.3 is 9.64 Å². The zero-order valence-electron chi connectivity index (χ0n) is 14.2. The fraction of sp³-hybridized carbons (Fsp3) is 0.0909. The molecule has 0 bridgehead atoms. The van der Waals surface area contributed by atoms with Crippen molar-refractivity contribution in [2.45, 2.75) is 6.54 Å². The molecule has 0 aliphatic carbocycles. The summed E-state index contributed by atoms with van der Waals surface area (Å²) in [7, 11) is 0. The van der Waals surface area contributed by atoms with Gasteiger partial charge in [0.05, 0.1) is 12.1 Å². The normalized spacial score (nSPS) is 9.96. The minimum absolute atomic E-state index is 0.138. The van der Waals surface area contributed by atoms with Crippen molar-refractivity contribution < 1.29 is 9.53 Å². The Kier molecular flexibility index (Phi) is 5.64. The Bertz CT molecular complexity index is 902. The van der Waals surface area contributed by atoms with Gasteiger partial charge in [-0.05, 0) is 29.8 Å². The Balaban J connectivity index is 1.78. The highest BCUT2D eigenvalue weighted by atomic mass is 16.5. The zero-order valence-corrected chi connectivity index (χ0v) is 14.2. The summed E-state index contributed by atoms with van der Waals surface area (Å²) < 4.78 is 5.62. The molecule has 26 heavy (non-hydrogen) atoms. The number of hydrogen-bond donors (Lipinski definition) is 0. The van der Waals surface area contributed by atoms with Gasteiger partial charge in [-0.25, -0.2) is 0 Å². The topological polar surface area (TPSA) is 53.3 Å². The number of anilines is 1. The van der Waals surface area contributed by atoms with Crippen molar-refractivity contribution in [1.82, 2.24) is 0 Å². The summed E-state index contributed by atoms with van der Waals surface area (Å²) in [6.07, 6.45) is 0. The molecule has 3 rings (SSSR count). The number of benzene rings is 3. The van der Waals surface area contributed by atoms with Crippen LogP contribution in [0.3, 0.4) is 0 Å². The van der Waals surface area contributed by atoms with Crippen LogP contribution in [0.2, 0.25) is 0 Å². The molecule has 1 amide bonds. The van der Waals surface area contributed by atoms with Crippen LogP contribution in [-0.2, 0) is 11.3 Å². The number of amides is 1. The Labute approximate surface area is 152 Å². The first-order valence-corrected chi connectivity index (χ1v) is 8.29. The quantitative estimate of drug-likeness (QED) is 0.675. The SMILES string of the molecule is N#Cc1ccccc1OCC(=O)N(Cc1ccccc1)c1ccccc1. The highest BCUT2D eigenvalue weighted by Crippen LogP contribution is 2.19. The zero-order chi connectivity index (χ0) is 18.2. The van der Waals surface area contributed by atoms with Crippen LogP contribution in [0.4, 0.5) is 5.69 Å². The Morgan fingerprint density at radius 3 is 2.19 bits per heavy atom. The van der Waals surface area contributed by atoms with Gasteiger partial charge >= 0.3 is 0 Å². The maximum Gasteiger partial charge on any atom is 0.265 e. The molecule has 0 spiro atoms. The van der Waals surface area contributed by atoms with Gasteiger partial charge in [0.15, 0.2) is 6.61 Å². The lowest BCUT2D eigenvalue weighted by Gasteiger charge is -2.23. The van der Waals surface area contributed by atoms with Crippen LogP contribution < -0.4 is 9.64 Å². The maximum absolute atomic E-state index is 12.8. The van der Waals surface area contributed by atoms with Gasteiger partial charge in [-0.2, -0.15) is 5.26 Å². The predicted molar refractivity (Wildman–Crippen MR) is 101 cm³/mol. The first-order chi connectivity index (χ1) is 12.8. The first-order valence-electron chi connectivity index (χ1n) is 8.29. The molecular formula is C22H18N2O2. The number of nitrogens with zero attached hydrogens (tertiary/aromatic N) is 2. The number of ether oxygens (including phenoxy) is 1. The molecule has 128 valence electrons. The average Bonchev–Trinajstić information content (AvgIpc) is 2.72. The van der Waals surface area contributed by atoms with E-state index in [0.29, 0.717) is 17.9 Å². The molecule has 0 aromatic heterocycles. The van der Waals surface area contributed by atoms with Gasteiger partial charge in [0.1, 0.15) is 11.8 Å². The number of rotatable bonds is 6. The van der Waals surface area contributed by atoms with E-state index in [4.69, 9.17) is 10.00 Å². The smallest absolute Gasteiger partial charge is 0.265 e. The third-order valence-electron chi connectivity index (χ3n) is 3.91.